The average molecular weight is 401 g/mol. The van der Waals surface area contributed by atoms with E-state index in [1.807, 2.05) is 38.1 Å². The first-order chi connectivity index (χ1) is 12.3. The predicted octanol–water partition coefficient (Wildman–Crippen LogP) is 6.21. The SMILES string of the molecule is C.CCC(F)(F)Cc1ccc(C)cc1.CCOS(=O)Oc1ccc(C)cc1. The molecule has 0 N–H and O–H groups in total. The molecule has 2 aromatic rings. The highest BCUT2D eigenvalue weighted by Crippen LogP contribution is 2.23. The molecule has 0 saturated heterocycles. The minimum atomic E-state index is -2.56. The molecule has 0 bridgehead atoms. The number of halogens is 2. The van der Waals surface area contributed by atoms with Crippen molar-refractivity contribution < 1.29 is 21.4 Å². The van der Waals surface area contributed by atoms with Gasteiger partial charge in [0, 0.05) is 12.8 Å². The summed E-state index contributed by atoms with van der Waals surface area (Å²) in [5, 5.41) is 0. The van der Waals surface area contributed by atoms with Crippen molar-refractivity contribution in [3.8, 4) is 5.75 Å². The van der Waals surface area contributed by atoms with Gasteiger partial charge in [-0.1, -0.05) is 61.9 Å². The Bertz CT molecular complexity index is 671. The number of rotatable bonds is 7. The van der Waals surface area contributed by atoms with Crippen molar-refractivity contribution in [3.05, 3.63) is 65.2 Å². The van der Waals surface area contributed by atoms with E-state index < -0.39 is 17.3 Å². The van der Waals surface area contributed by atoms with Crippen LogP contribution in [-0.2, 0) is 22.0 Å². The predicted molar refractivity (Wildman–Crippen MR) is 108 cm³/mol. The van der Waals surface area contributed by atoms with E-state index in [-0.39, 0.29) is 20.3 Å². The van der Waals surface area contributed by atoms with Crippen molar-refractivity contribution in [2.45, 2.75) is 53.9 Å². The summed E-state index contributed by atoms with van der Waals surface area (Å²) >= 11 is -1.68. The van der Waals surface area contributed by atoms with Crippen LogP contribution in [0.2, 0.25) is 0 Å². The zero-order valence-electron chi connectivity index (χ0n) is 15.6. The van der Waals surface area contributed by atoms with E-state index in [0.29, 0.717) is 17.9 Å². The maximum absolute atomic E-state index is 12.9. The van der Waals surface area contributed by atoms with Crippen molar-refractivity contribution in [1.29, 1.82) is 0 Å². The van der Waals surface area contributed by atoms with Crippen molar-refractivity contribution in [2.75, 3.05) is 6.61 Å². The summed E-state index contributed by atoms with van der Waals surface area (Å²) in [5.74, 6) is -2.01. The van der Waals surface area contributed by atoms with E-state index in [9.17, 15) is 13.0 Å². The van der Waals surface area contributed by atoms with Gasteiger partial charge in [0.15, 0.2) is 0 Å². The van der Waals surface area contributed by atoms with Gasteiger partial charge in [0.25, 0.3) is 5.92 Å². The molecule has 6 heteroatoms. The Hall–Kier alpha value is -1.79. The van der Waals surface area contributed by atoms with Gasteiger partial charge in [-0.25, -0.2) is 8.78 Å². The standard InChI is InChI=1S/C11H14F2.C9H12O3S.CH4/c1-3-11(12,13)8-10-6-4-9(2)5-7-10;1-3-11-13(10)12-9-6-4-8(2)5-7-9;/h4-7H,3,8H2,1-2H3;4-7H,3H2,1-2H3;1H4. The van der Waals surface area contributed by atoms with Crippen LogP contribution in [0.25, 0.3) is 0 Å². The van der Waals surface area contributed by atoms with E-state index in [4.69, 9.17) is 8.37 Å². The quantitative estimate of drug-likeness (QED) is 0.554. The first kappa shape index (κ1) is 25.2. The Kier molecular flexibility index (Phi) is 11.7. The van der Waals surface area contributed by atoms with Crippen LogP contribution in [0, 0.1) is 13.8 Å². The van der Waals surface area contributed by atoms with E-state index >= 15 is 0 Å². The van der Waals surface area contributed by atoms with Crippen LogP contribution in [0.5, 0.6) is 5.75 Å². The number of alkyl halides is 2. The van der Waals surface area contributed by atoms with Gasteiger partial charge < -0.3 is 4.18 Å². The normalized spacial score (nSPS) is 11.6. The van der Waals surface area contributed by atoms with Crippen LogP contribution < -0.4 is 4.18 Å². The summed E-state index contributed by atoms with van der Waals surface area (Å²) in [6, 6.07) is 14.5. The molecular formula is C21H30F2O3S. The lowest BCUT2D eigenvalue weighted by atomic mass is 10.0. The molecule has 152 valence electrons. The van der Waals surface area contributed by atoms with Gasteiger partial charge in [0.1, 0.15) is 5.75 Å². The van der Waals surface area contributed by atoms with E-state index in [0.717, 1.165) is 11.1 Å². The zero-order valence-corrected chi connectivity index (χ0v) is 16.4. The van der Waals surface area contributed by atoms with Gasteiger partial charge in [-0.2, -0.15) is 4.21 Å². The first-order valence-electron chi connectivity index (χ1n) is 8.49. The third-order valence-corrected chi connectivity index (χ3v) is 4.26. The second kappa shape index (κ2) is 12.6. The first-order valence-corrected chi connectivity index (χ1v) is 9.49. The minimum Gasteiger partial charge on any atom is -0.380 e. The van der Waals surface area contributed by atoms with Gasteiger partial charge in [-0.15, -0.1) is 0 Å². The monoisotopic (exact) mass is 400 g/mol. The molecule has 0 aliphatic carbocycles. The molecule has 3 nitrogen and oxygen atoms in total. The molecule has 2 rings (SSSR count). The summed E-state index contributed by atoms with van der Waals surface area (Å²) in [4.78, 5) is 0. The Morgan fingerprint density at radius 2 is 1.41 bits per heavy atom. The van der Waals surface area contributed by atoms with E-state index in [2.05, 4.69) is 0 Å². The molecule has 0 aromatic heterocycles. The van der Waals surface area contributed by atoms with Gasteiger partial charge in [0.05, 0.1) is 6.61 Å². The molecule has 2 aromatic carbocycles. The maximum atomic E-state index is 12.9. The third kappa shape index (κ3) is 10.8. The van der Waals surface area contributed by atoms with Crippen LogP contribution in [-0.4, -0.2) is 16.7 Å². The maximum Gasteiger partial charge on any atom is 0.360 e. The summed E-state index contributed by atoms with van der Waals surface area (Å²) in [7, 11) is 0. The van der Waals surface area contributed by atoms with Crippen molar-refractivity contribution in [2.24, 2.45) is 0 Å². The molecular weight excluding hydrogens is 370 g/mol. The van der Waals surface area contributed by atoms with Crippen molar-refractivity contribution in [1.82, 2.24) is 0 Å². The molecule has 0 spiro atoms. The van der Waals surface area contributed by atoms with Crippen molar-refractivity contribution >= 4 is 11.4 Å². The molecule has 1 atom stereocenters. The fourth-order valence-corrected chi connectivity index (χ4v) is 2.43. The molecule has 0 fully saturated rings. The average Bonchev–Trinajstić information content (AvgIpc) is 2.60. The van der Waals surface area contributed by atoms with E-state index in [1.54, 1.807) is 31.2 Å². The lowest BCUT2D eigenvalue weighted by Crippen LogP contribution is -2.17. The number of aryl methyl sites for hydroxylation is 2. The molecule has 0 radical (unpaired) electrons. The van der Waals surface area contributed by atoms with Crippen LogP contribution in [0.1, 0.15) is 44.4 Å². The van der Waals surface area contributed by atoms with Crippen molar-refractivity contribution in [3.63, 3.8) is 0 Å². The van der Waals surface area contributed by atoms with Gasteiger partial charge >= 0.3 is 11.4 Å². The third-order valence-electron chi connectivity index (χ3n) is 3.50. The number of hydrogen-bond donors (Lipinski definition) is 0. The molecule has 0 heterocycles. The summed E-state index contributed by atoms with van der Waals surface area (Å²) in [6.07, 6.45) is -0.245. The Morgan fingerprint density at radius 3 is 1.85 bits per heavy atom. The molecule has 27 heavy (non-hydrogen) atoms. The number of benzene rings is 2. The summed E-state index contributed by atoms with van der Waals surface area (Å²) < 4.78 is 46.5. The van der Waals surface area contributed by atoms with Crippen LogP contribution >= 0.6 is 0 Å². The number of hydrogen-bond acceptors (Lipinski definition) is 3. The molecule has 0 amide bonds. The molecule has 0 aliphatic rings. The van der Waals surface area contributed by atoms with Gasteiger partial charge in [0.2, 0.25) is 0 Å². The van der Waals surface area contributed by atoms with Crippen LogP contribution in [0.15, 0.2) is 48.5 Å². The minimum absolute atomic E-state index is 0. The second-order valence-corrected chi connectivity index (χ2v) is 6.69. The fraction of sp³-hybridized carbons (Fsp3) is 0.429. The highest BCUT2D eigenvalue weighted by molar-refractivity contribution is 7.75. The molecule has 0 saturated carbocycles. The Morgan fingerprint density at radius 1 is 0.926 bits per heavy atom. The van der Waals surface area contributed by atoms with Gasteiger partial charge in [-0.05, 0) is 38.5 Å². The molecule has 1 unspecified atom stereocenters. The van der Waals surface area contributed by atoms with Crippen LogP contribution in [0.4, 0.5) is 8.78 Å². The van der Waals surface area contributed by atoms with E-state index in [1.165, 1.54) is 6.92 Å². The Balaban J connectivity index is 0.000000483. The second-order valence-electron chi connectivity index (χ2n) is 5.88. The lowest BCUT2D eigenvalue weighted by molar-refractivity contribution is -0.00220. The highest BCUT2D eigenvalue weighted by atomic mass is 32.2. The Labute approximate surface area is 164 Å². The summed E-state index contributed by atoms with van der Waals surface area (Å²) in [5.41, 5.74) is 2.94. The summed E-state index contributed by atoms with van der Waals surface area (Å²) in [6.45, 7) is 7.56. The largest absolute Gasteiger partial charge is 0.380 e. The lowest BCUT2D eigenvalue weighted by Gasteiger charge is -2.13. The smallest absolute Gasteiger partial charge is 0.360 e. The highest BCUT2D eigenvalue weighted by Gasteiger charge is 2.26. The zero-order chi connectivity index (χ0) is 19.6. The fourth-order valence-electron chi connectivity index (χ4n) is 1.92. The topological polar surface area (TPSA) is 35.5 Å². The van der Waals surface area contributed by atoms with Gasteiger partial charge in [-0.3, -0.25) is 4.18 Å². The van der Waals surface area contributed by atoms with Crippen LogP contribution in [0.3, 0.4) is 0 Å². The molecule has 0 aliphatic heterocycles.